The molecule has 0 fully saturated rings. The third kappa shape index (κ3) is 1.78. The molecule has 0 spiro atoms. The minimum absolute atomic E-state index is 0.290. The maximum absolute atomic E-state index is 5.70. The first kappa shape index (κ1) is 10.7. The number of aromatic nitrogens is 3. The Hall–Kier alpha value is -2.49. The molecule has 2 aromatic heterocycles. The van der Waals surface area contributed by atoms with Crippen LogP contribution in [0.1, 0.15) is 5.69 Å². The van der Waals surface area contributed by atoms with Crippen molar-refractivity contribution in [3.8, 4) is 11.3 Å². The standard InChI is InChI=1S/C14H12N4/c1-9-8-12(18-14(15)17-9)11-6-2-4-10-5-3-7-16-13(10)11/h2-8H,1H3,(H2,15,17,18). The van der Waals surface area contributed by atoms with Gasteiger partial charge in [0.1, 0.15) is 0 Å². The summed E-state index contributed by atoms with van der Waals surface area (Å²) in [6.07, 6.45) is 1.78. The molecule has 2 N–H and O–H groups in total. The van der Waals surface area contributed by atoms with Crippen LogP contribution >= 0.6 is 0 Å². The van der Waals surface area contributed by atoms with Gasteiger partial charge in [-0.2, -0.15) is 0 Å². The zero-order valence-electron chi connectivity index (χ0n) is 9.96. The highest BCUT2D eigenvalue weighted by Gasteiger charge is 2.07. The lowest BCUT2D eigenvalue weighted by atomic mass is 10.1. The Kier molecular flexibility index (Phi) is 2.41. The summed E-state index contributed by atoms with van der Waals surface area (Å²) in [4.78, 5) is 12.8. The summed E-state index contributed by atoms with van der Waals surface area (Å²) < 4.78 is 0. The number of fused-ring (bicyclic) bond motifs is 1. The van der Waals surface area contributed by atoms with Crippen molar-refractivity contribution in [2.24, 2.45) is 0 Å². The van der Waals surface area contributed by atoms with Gasteiger partial charge >= 0.3 is 0 Å². The molecule has 0 saturated heterocycles. The third-order valence-corrected chi connectivity index (χ3v) is 2.78. The number of hydrogen-bond donors (Lipinski definition) is 1. The van der Waals surface area contributed by atoms with Crippen LogP contribution in [-0.4, -0.2) is 15.0 Å². The molecule has 0 radical (unpaired) electrons. The van der Waals surface area contributed by atoms with Crippen molar-refractivity contribution < 1.29 is 0 Å². The molecule has 4 nitrogen and oxygen atoms in total. The van der Waals surface area contributed by atoms with Gasteiger partial charge in [-0.15, -0.1) is 0 Å². The lowest BCUT2D eigenvalue weighted by Gasteiger charge is -2.06. The van der Waals surface area contributed by atoms with Gasteiger partial charge in [-0.1, -0.05) is 24.3 Å². The molecule has 2 heterocycles. The Morgan fingerprint density at radius 3 is 2.72 bits per heavy atom. The molecular weight excluding hydrogens is 224 g/mol. The monoisotopic (exact) mass is 236 g/mol. The molecule has 0 aliphatic heterocycles. The van der Waals surface area contributed by atoms with Crippen molar-refractivity contribution in [2.75, 3.05) is 5.73 Å². The van der Waals surface area contributed by atoms with Crippen molar-refractivity contribution in [1.29, 1.82) is 0 Å². The predicted molar refractivity (Wildman–Crippen MR) is 71.9 cm³/mol. The van der Waals surface area contributed by atoms with E-state index < -0.39 is 0 Å². The van der Waals surface area contributed by atoms with E-state index in [1.165, 1.54) is 0 Å². The number of nitrogen functional groups attached to an aromatic ring is 1. The Bertz CT molecular complexity index is 696. The van der Waals surface area contributed by atoms with Crippen LogP contribution in [0.5, 0.6) is 0 Å². The van der Waals surface area contributed by atoms with Gasteiger partial charge in [0.15, 0.2) is 0 Å². The minimum atomic E-state index is 0.290. The molecule has 1 aromatic carbocycles. The van der Waals surface area contributed by atoms with Crippen LogP contribution in [0.2, 0.25) is 0 Å². The van der Waals surface area contributed by atoms with Crippen molar-refractivity contribution in [2.45, 2.75) is 6.92 Å². The van der Waals surface area contributed by atoms with E-state index in [1.807, 2.05) is 43.3 Å². The highest BCUT2D eigenvalue weighted by Crippen LogP contribution is 2.26. The van der Waals surface area contributed by atoms with Gasteiger partial charge in [-0.25, -0.2) is 9.97 Å². The van der Waals surface area contributed by atoms with Gasteiger partial charge in [0, 0.05) is 22.8 Å². The number of aryl methyl sites for hydroxylation is 1. The Labute approximate surface area is 105 Å². The lowest BCUT2D eigenvalue weighted by molar-refractivity contribution is 1.12. The molecule has 0 bridgehead atoms. The molecule has 3 rings (SSSR count). The Morgan fingerprint density at radius 2 is 1.89 bits per heavy atom. The Balaban J connectivity index is 2.31. The van der Waals surface area contributed by atoms with Crippen molar-refractivity contribution in [1.82, 2.24) is 15.0 Å². The van der Waals surface area contributed by atoms with E-state index >= 15 is 0 Å². The van der Waals surface area contributed by atoms with Gasteiger partial charge in [0.05, 0.1) is 11.2 Å². The lowest BCUT2D eigenvalue weighted by Crippen LogP contribution is -1.98. The number of nitrogens with zero attached hydrogens (tertiary/aromatic N) is 3. The average Bonchev–Trinajstić information content (AvgIpc) is 2.37. The molecule has 4 heteroatoms. The van der Waals surface area contributed by atoms with Crippen molar-refractivity contribution in [3.63, 3.8) is 0 Å². The topological polar surface area (TPSA) is 64.7 Å². The summed E-state index contributed by atoms with van der Waals surface area (Å²) in [7, 11) is 0. The smallest absolute Gasteiger partial charge is 0.220 e. The average molecular weight is 236 g/mol. The third-order valence-electron chi connectivity index (χ3n) is 2.78. The van der Waals surface area contributed by atoms with E-state index in [9.17, 15) is 0 Å². The molecule has 0 aliphatic carbocycles. The number of benzene rings is 1. The molecule has 18 heavy (non-hydrogen) atoms. The van der Waals surface area contributed by atoms with Crippen LogP contribution in [0.4, 0.5) is 5.95 Å². The van der Waals surface area contributed by atoms with E-state index in [2.05, 4.69) is 15.0 Å². The maximum Gasteiger partial charge on any atom is 0.220 e. The summed E-state index contributed by atoms with van der Waals surface area (Å²) in [6, 6.07) is 11.9. The SMILES string of the molecule is Cc1cc(-c2cccc3cccnc23)nc(N)n1. The highest BCUT2D eigenvalue weighted by molar-refractivity contribution is 5.92. The van der Waals surface area contributed by atoms with Gasteiger partial charge in [-0.05, 0) is 19.1 Å². The van der Waals surface area contributed by atoms with E-state index in [1.54, 1.807) is 6.20 Å². The molecular formula is C14H12N4. The summed E-state index contributed by atoms with van der Waals surface area (Å²) in [5.74, 6) is 0.290. The van der Waals surface area contributed by atoms with E-state index in [4.69, 9.17) is 5.73 Å². The van der Waals surface area contributed by atoms with Gasteiger partial charge in [0.25, 0.3) is 0 Å². The fourth-order valence-electron chi connectivity index (χ4n) is 2.04. The molecule has 3 aromatic rings. The van der Waals surface area contributed by atoms with Crippen LogP contribution in [-0.2, 0) is 0 Å². The van der Waals surface area contributed by atoms with E-state index in [-0.39, 0.29) is 5.95 Å². The molecule has 0 saturated carbocycles. The van der Waals surface area contributed by atoms with Crippen LogP contribution in [0, 0.1) is 6.92 Å². The zero-order valence-corrected chi connectivity index (χ0v) is 9.96. The first-order valence-electron chi connectivity index (χ1n) is 5.69. The van der Waals surface area contributed by atoms with Gasteiger partial charge < -0.3 is 5.73 Å². The summed E-state index contributed by atoms with van der Waals surface area (Å²) >= 11 is 0. The summed E-state index contributed by atoms with van der Waals surface area (Å²) in [5.41, 5.74) is 9.27. The number of rotatable bonds is 1. The molecule has 0 atom stereocenters. The number of pyridine rings is 1. The molecule has 0 unspecified atom stereocenters. The van der Waals surface area contributed by atoms with Crippen LogP contribution < -0.4 is 5.73 Å². The number of anilines is 1. The second-order valence-corrected chi connectivity index (χ2v) is 4.13. The second-order valence-electron chi connectivity index (χ2n) is 4.13. The van der Waals surface area contributed by atoms with Crippen molar-refractivity contribution in [3.05, 3.63) is 48.3 Å². The number of para-hydroxylation sites is 1. The van der Waals surface area contributed by atoms with Gasteiger partial charge in [-0.3, -0.25) is 4.98 Å². The maximum atomic E-state index is 5.70. The van der Waals surface area contributed by atoms with Crippen LogP contribution in [0.3, 0.4) is 0 Å². The number of nitrogens with two attached hydrogens (primary N) is 1. The first-order valence-corrected chi connectivity index (χ1v) is 5.69. The first-order chi connectivity index (χ1) is 8.74. The Morgan fingerprint density at radius 1 is 1.06 bits per heavy atom. The van der Waals surface area contributed by atoms with E-state index in [0.717, 1.165) is 27.9 Å². The predicted octanol–water partition coefficient (Wildman–Crippen LogP) is 2.58. The van der Waals surface area contributed by atoms with E-state index in [0.29, 0.717) is 0 Å². The summed E-state index contributed by atoms with van der Waals surface area (Å²) in [6.45, 7) is 1.90. The quantitative estimate of drug-likeness (QED) is 0.705. The molecule has 88 valence electrons. The van der Waals surface area contributed by atoms with Crippen molar-refractivity contribution >= 4 is 16.9 Å². The second kappa shape index (κ2) is 4.07. The normalized spacial score (nSPS) is 10.7. The fourth-order valence-corrected chi connectivity index (χ4v) is 2.04. The fraction of sp³-hybridized carbons (Fsp3) is 0.0714. The summed E-state index contributed by atoms with van der Waals surface area (Å²) in [5, 5.41) is 1.09. The largest absolute Gasteiger partial charge is 0.368 e. The molecule has 0 aliphatic rings. The van der Waals surface area contributed by atoms with Crippen LogP contribution in [0.25, 0.3) is 22.2 Å². The molecule has 0 amide bonds. The minimum Gasteiger partial charge on any atom is -0.368 e. The number of hydrogen-bond acceptors (Lipinski definition) is 4. The zero-order chi connectivity index (χ0) is 12.5. The van der Waals surface area contributed by atoms with Gasteiger partial charge in [0.2, 0.25) is 5.95 Å². The highest BCUT2D eigenvalue weighted by atomic mass is 15.0. The van der Waals surface area contributed by atoms with Crippen LogP contribution in [0.15, 0.2) is 42.6 Å².